The summed E-state index contributed by atoms with van der Waals surface area (Å²) in [5, 5.41) is 12.9. The number of nitrogens with one attached hydrogen (secondary N) is 2. The van der Waals surface area contributed by atoms with E-state index in [0.717, 1.165) is 19.3 Å². The second-order valence-electron chi connectivity index (χ2n) is 4.36. The summed E-state index contributed by atoms with van der Waals surface area (Å²) in [7, 11) is -3.08. The Morgan fingerprint density at radius 2 is 1.83 bits per heavy atom. The molecule has 0 heterocycles. The van der Waals surface area contributed by atoms with Crippen molar-refractivity contribution in [3.8, 4) is 0 Å². The maximum Gasteiger partial charge on any atom is 0.208 e. The highest BCUT2D eigenvalue weighted by Crippen LogP contribution is 1.91. The summed E-state index contributed by atoms with van der Waals surface area (Å²) < 4.78 is 24.0. The van der Waals surface area contributed by atoms with Gasteiger partial charge >= 0.3 is 0 Å². The lowest BCUT2D eigenvalue weighted by molar-refractivity contribution is 0.117. The normalized spacial score (nSPS) is 14.1. The summed E-state index contributed by atoms with van der Waals surface area (Å²) in [6, 6.07) is 0. The Labute approximate surface area is 111 Å². The molecule has 1 unspecified atom stereocenters. The van der Waals surface area contributed by atoms with Crippen LogP contribution in [0.4, 0.5) is 0 Å². The topological polar surface area (TPSA) is 81.7 Å². The summed E-state index contributed by atoms with van der Waals surface area (Å²) in [6.07, 6.45) is 1.48. The van der Waals surface area contributed by atoms with Crippen molar-refractivity contribution in [3.63, 3.8) is 0 Å². The van der Waals surface area contributed by atoms with E-state index in [2.05, 4.69) is 28.8 Å². The predicted octanol–water partition coefficient (Wildman–Crippen LogP) is -0.782. The minimum Gasteiger partial charge on any atom is -0.390 e. The third-order valence-electron chi connectivity index (χ3n) is 2.64. The average molecular weight is 281 g/mol. The zero-order chi connectivity index (χ0) is 14.0. The monoisotopic (exact) mass is 281 g/mol. The Bertz CT molecular complexity index is 292. The first kappa shape index (κ1) is 17.8. The Balaban J connectivity index is 3.48. The lowest BCUT2D eigenvalue weighted by Gasteiger charge is -2.22. The molecule has 0 aromatic carbocycles. The van der Waals surface area contributed by atoms with Crippen molar-refractivity contribution in [2.24, 2.45) is 0 Å². The third-order valence-corrected chi connectivity index (χ3v) is 3.37. The van der Waals surface area contributed by atoms with Crippen molar-refractivity contribution >= 4 is 10.0 Å². The lowest BCUT2D eigenvalue weighted by Crippen LogP contribution is -2.38. The van der Waals surface area contributed by atoms with Gasteiger partial charge in [0.15, 0.2) is 0 Å². The minimum absolute atomic E-state index is 0.382. The highest BCUT2D eigenvalue weighted by Gasteiger charge is 2.08. The predicted molar refractivity (Wildman–Crippen MR) is 74.1 cm³/mol. The summed E-state index contributed by atoms with van der Waals surface area (Å²) in [5.41, 5.74) is 0. The molecular weight excluding hydrogens is 254 g/mol. The van der Waals surface area contributed by atoms with Gasteiger partial charge in [-0.05, 0) is 26.1 Å². The minimum atomic E-state index is -3.08. The van der Waals surface area contributed by atoms with E-state index in [1.807, 2.05) is 0 Å². The van der Waals surface area contributed by atoms with Crippen molar-refractivity contribution < 1.29 is 13.5 Å². The molecule has 0 saturated heterocycles. The number of likely N-dealkylation sites (N-methyl/N-ethyl adjacent to an activating group) is 1. The Hall–Kier alpha value is -0.210. The van der Waals surface area contributed by atoms with Crippen LogP contribution in [-0.2, 0) is 10.0 Å². The van der Waals surface area contributed by atoms with Crippen LogP contribution < -0.4 is 10.0 Å². The molecule has 0 aliphatic carbocycles. The van der Waals surface area contributed by atoms with Crippen molar-refractivity contribution in [1.82, 2.24) is 14.9 Å². The van der Waals surface area contributed by atoms with E-state index in [1.54, 1.807) is 0 Å². The molecule has 0 aliphatic heterocycles. The molecule has 0 fully saturated rings. The van der Waals surface area contributed by atoms with E-state index in [-0.39, 0.29) is 6.10 Å². The van der Waals surface area contributed by atoms with Gasteiger partial charge < -0.3 is 15.3 Å². The van der Waals surface area contributed by atoms with Crippen LogP contribution in [0, 0.1) is 0 Å². The third kappa shape index (κ3) is 10.9. The van der Waals surface area contributed by atoms with Gasteiger partial charge in [0.05, 0.1) is 12.4 Å². The van der Waals surface area contributed by atoms with Crippen LogP contribution in [0.5, 0.6) is 0 Å². The second-order valence-corrected chi connectivity index (χ2v) is 6.20. The number of sulfonamides is 1. The highest BCUT2D eigenvalue weighted by molar-refractivity contribution is 7.88. The SMILES string of the molecule is CCN(CC)CC(O)CNCCCNS(C)(=O)=O. The molecule has 6 nitrogen and oxygen atoms in total. The Morgan fingerprint density at radius 1 is 1.22 bits per heavy atom. The molecule has 0 aromatic heterocycles. The van der Waals surface area contributed by atoms with Gasteiger partial charge in [0.1, 0.15) is 0 Å². The molecule has 110 valence electrons. The molecule has 0 aromatic rings. The quantitative estimate of drug-likeness (QED) is 0.433. The lowest BCUT2D eigenvalue weighted by atomic mass is 10.3. The van der Waals surface area contributed by atoms with Crippen molar-refractivity contribution in [3.05, 3.63) is 0 Å². The molecular formula is C11H27N3O3S. The maximum atomic E-state index is 10.8. The van der Waals surface area contributed by atoms with Crippen molar-refractivity contribution in [2.45, 2.75) is 26.4 Å². The van der Waals surface area contributed by atoms with Crippen LogP contribution >= 0.6 is 0 Å². The van der Waals surface area contributed by atoms with E-state index < -0.39 is 10.0 Å². The van der Waals surface area contributed by atoms with Gasteiger partial charge in [-0.3, -0.25) is 0 Å². The fourth-order valence-electron chi connectivity index (χ4n) is 1.58. The molecule has 0 aliphatic rings. The fourth-order valence-corrected chi connectivity index (χ4v) is 2.10. The number of hydrogen-bond donors (Lipinski definition) is 3. The number of rotatable bonds is 11. The van der Waals surface area contributed by atoms with E-state index in [1.165, 1.54) is 0 Å². The average Bonchev–Trinajstić information content (AvgIpc) is 2.29. The Morgan fingerprint density at radius 3 is 2.33 bits per heavy atom. The number of nitrogens with zero attached hydrogens (tertiary/aromatic N) is 1. The summed E-state index contributed by atoms with van der Waals surface area (Å²) in [4.78, 5) is 2.16. The standard InChI is InChI=1S/C11H27N3O3S/c1-4-14(5-2)10-11(15)9-12-7-6-8-13-18(3,16)17/h11-13,15H,4-10H2,1-3H3. The molecule has 0 amide bonds. The number of aliphatic hydroxyl groups excluding tert-OH is 1. The molecule has 0 radical (unpaired) electrons. The molecule has 3 N–H and O–H groups in total. The smallest absolute Gasteiger partial charge is 0.208 e. The van der Waals surface area contributed by atoms with E-state index in [4.69, 9.17) is 0 Å². The van der Waals surface area contributed by atoms with Gasteiger partial charge in [-0.2, -0.15) is 0 Å². The van der Waals surface area contributed by atoms with Crippen LogP contribution in [0.15, 0.2) is 0 Å². The Kier molecular flexibility index (Phi) is 9.57. The summed E-state index contributed by atoms with van der Waals surface area (Å²) in [6.45, 7) is 8.34. The summed E-state index contributed by atoms with van der Waals surface area (Å²) in [5.74, 6) is 0. The first-order valence-corrected chi connectivity index (χ1v) is 8.34. The van der Waals surface area contributed by atoms with Gasteiger partial charge in [0.25, 0.3) is 0 Å². The van der Waals surface area contributed by atoms with Gasteiger partial charge in [-0.1, -0.05) is 13.8 Å². The molecule has 7 heteroatoms. The van der Waals surface area contributed by atoms with Crippen molar-refractivity contribution in [2.75, 3.05) is 45.5 Å². The van der Waals surface area contributed by atoms with Crippen LogP contribution in [-0.4, -0.2) is 70.1 Å². The molecule has 18 heavy (non-hydrogen) atoms. The van der Waals surface area contributed by atoms with Gasteiger partial charge in [-0.15, -0.1) is 0 Å². The van der Waals surface area contributed by atoms with Crippen LogP contribution in [0.2, 0.25) is 0 Å². The van der Waals surface area contributed by atoms with E-state index in [0.29, 0.717) is 32.6 Å². The molecule has 0 saturated carbocycles. The fraction of sp³-hybridized carbons (Fsp3) is 1.00. The van der Waals surface area contributed by atoms with Gasteiger partial charge in [0.2, 0.25) is 10.0 Å². The second kappa shape index (κ2) is 9.69. The zero-order valence-corrected chi connectivity index (χ0v) is 12.5. The molecule has 0 bridgehead atoms. The maximum absolute atomic E-state index is 10.8. The summed E-state index contributed by atoms with van der Waals surface area (Å²) >= 11 is 0. The number of hydrogen-bond acceptors (Lipinski definition) is 5. The first-order valence-electron chi connectivity index (χ1n) is 6.44. The van der Waals surface area contributed by atoms with Gasteiger partial charge in [-0.25, -0.2) is 13.1 Å². The number of aliphatic hydroxyl groups is 1. The highest BCUT2D eigenvalue weighted by atomic mass is 32.2. The van der Waals surface area contributed by atoms with Crippen LogP contribution in [0.25, 0.3) is 0 Å². The molecule has 0 spiro atoms. The zero-order valence-electron chi connectivity index (χ0n) is 11.6. The first-order chi connectivity index (χ1) is 8.39. The largest absolute Gasteiger partial charge is 0.390 e. The van der Waals surface area contributed by atoms with Crippen LogP contribution in [0.3, 0.4) is 0 Å². The molecule has 0 rings (SSSR count). The van der Waals surface area contributed by atoms with E-state index >= 15 is 0 Å². The van der Waals surface area contributed by atoms with Crippen LogP contribution in [0.1, 0.15) is 20.3 Å². The van der Waals surface area contributed by atoms with E-state index in [9.17, 15) is 13.5 Å². The van der Waals surface area contributed by atoms with Gasteiger partial charge in [0, 0.05) is 19.6 Å². The molecule has 1 atom stereocenters. The van der Waals surface area contributed by atoms with Crippen molar-refractivity contribution in [1.29, 1.82) is 0 Å².